The molecule has 0 saturated heterocycles. The zero-order chi connectivity index (χ0) is 13.7. The molecule has 1 aromatic carbocycles. The van der Waals surface area contributed by atoms with Gasteiger partial charge < -0.3 is 15.2 Å². The Labute approximate surface area is 110 Å². The molecule has 0 unspecified atom stereocenters. The molecule has 6 heteroatoms. The highest BCUT2D eigenvalue weighted by atomic mass is 35.5. The molecule has 1 atom stereocenters. The third-order valence-corrected chi connectivity index (χ3v) is 2.76. The van der Waals surface area contributed by atoms with Crippen LogP contribution >= 0.6 is 11.6 Å². The number of anilines is 1. The minimum Gasteiger partial charge on any atom is -0.479 e. The second-order valence-electron chi connectivity index (χ2n) is 3.75. The lowest BCUT2D eigenvalue weighted by atomic mass is 10.2. The van der Waals surface area contributed by atoms with Crippen LogP contribution in [0.2, 0.25) is 5.02 Å². The number of carboxylic acids is 1. The zero-order valence-electron chi connectivity index (χ0n) is 10.1. The summed E-state index contributed by atoms with van der Waals surface area (Å²) in [6, 6.07) is 5.14. The minimum atomic E-state index is -1.11. The van der Waals surface area contributed by atoms with Crippen LogP contribution in [-0.4, -0.2) is 29.7 Å². The van der Waals surface area contributed by atoms with Crippen LogP contribution in [0.25, 0.3) is 0 Å². The number of aliphatic carboxylic acids is 1. The van der Waals surface area contributed by atoms with Crippen molar-refractivity contribution in [2.75, 3.05) is 11.9 Å². The van der Waals surface area contributed by atoms with E-state index in [1.54, 1.807) is 25.1 Å². The molecular formula is C12H14ClNO4. The van der Waals surface area contributed by atoms with Crippen LogP contribution < -0.4 is 5.32 Å². The van der Waals surface area contributed by atoms with E-state index in [2.05, 4.69) is 5.32 Å². The summed E-state index contributed by atoms with van der Waals surface area (Å²) in [7, 11) is 0. The van der Waals surface area contributed by atoms with Gasteiger partial charge in [-0.3, -0.25) is 4.79 Å². The SMILES string of the molecule is Cc1c(Cl)cccc1NC(=O)CO[C@H](C)C(=O)O. The molecule has 1 rings (SSSR count). The average molecular weight is 272 g/mol. The fourth-order valence-corrected chi connectivity index (χ4v) is 1.38. The van der Waals surface area contributed by atoms with Crippen LogP contribution in [0.1, 0.15) is 12.5 Å². The van der Waals surface area contributed by atoms with E-state index < -0.39 is 18.0 Å². The van der Waals surface area contributed by atoms with Crippen molar-refractivity contribution in [3.8, 4) is 0 Å². The summed E-state index contributed by atoms with van der Waals surface area (Å²) in [6.45, 7) is 2.82. The number of hydrogen-bond acceptors (Lipinski definition) is 3. The number of carbonyl (C=O) groups excluding carboxylic acids is 1. The van der Waals surface area contributed by atoms with Gasteiger partial charge in [0, 0.05) is 10.7 Å². The first kappa shape index (κ1) is 14.5. The van der Waals surface area contributed by atoms with E-state index in [0.29, 0.717) is 10.7 Å². The van der Waals surface area contributed by atoms with Gasteiger partial charge in [-0.1, -0.05) is 17.7 Å². The van der Waals surface area contributed by atoms with Crippen LogP contribution in [0.5, 0.6) is 0 Å². The first-order valence-electron chi connectivity index (χ1n) is 5.31. The number of rotatable bonds is 5. The van der Waals surface area contributed by atoms with E-state index in [1.807, 2.05) is 0 Å². The van der Waals surface area contributed by atoms with Gasteiger partial charge >= 0.3 is 5.97 Å². The van der Waals surface area contributed by atoms with Gasteiger partial charge in [-0.25, -0.2) is 4.79 Å². The van der Waals surface area contributed by atoms with E-state index in [1.165, 1.54) is 6.92 Å². The Morgan fingerprint density at radius 3 is 2.78 bits per heavy atom. The number of carbonyl (C=O) groups is 2. The second-order valence-corrected chi connectivity index (χ2v) is 4.16. The smallest absolute Gasteiger partial charge is 0.332 e. The number of benzene rings is 1. The van der Waals surface area contributed by atoms with Crippen LogP contribution in [0.3, 0.4) is 0 Å². The number of carboxylic acid groups (broad SMARTS) is 1. The van der Waals surface area contributed by atoms with Gasteiger partial charge in [-0.05, 0) is 31.5 Å². The van der Waals surface area contributed by atoms with Gasteiger partial charge in [0.1, 0.15) is 6.61 Å². The molecule has 0 heterocycles. The lowest BCUT2D eigenvalue weighted by molar-refractivity contribution is -0.150. The summed E-state index contributed by atoms with van der Waals surface area (Å²) in [5.41, 5.74) is 1.33. The molecule has 1 aromatic rings. The predicted molar refractivity (Wildman–Crippen MR) is 67.9 cm³/mol. The second kappa shape index (κ2) is 6.37. The van der Waals surface area contributed by atoms with Gasteiger partial charge in [0.05, 0.1) is 0 Å². The summed E-state index contributed by atoms with van der Waals surface area (Å²) >= 11 is 5.91. The number of nitrogens with one attached hydrogen (secondary N) is 1. The zero-order valence-corrected chi connectivity index (χ0v) is 10.8. The van der Waals surface area contributed by atoms with E-state index >= 15 is 0 Å². The van der Waals surface area contributed by atoms with Crippen molar-refractivity contribution < 1.29 is 19.4 Å². The first-order chi connectivity index (χ1) is 8.41. The third-order valence-electron chi connectivity index (χ3n) is 2.35. The fourth-order valence-electron chi connectivity index (χ4n) is 1.20. The number of hydrogen-bond donors (Lipinski definition) is 2. The van der Waals surface area contributed by atoms with Gasteiger partial charge in [0.25, 0.3) is 0 Å². The Kier molecular flexibility index (Phi) is 5.12. The van der Waals surface area contributed by atoms with E-state index in [9.17, 15) is 9.59 Å². The molecule has 1 amide bonds. The topological polar surface area (TPSA) is 75.6 Å². The lowest BCUT2D eigenvalue weighted by Crippen LogP contribution is -2.26. The molecule has 18 heavy (non-hydrogen) atoms. The summed E-state index contributed by atoms with van der Waals surface area (Å²) in [4.78, 5) is 22.0. The van der Waals surface area contributed by atoms with Crippen molar-refractivity contribution in [3.63, 3.8) is 0 Å². The largest absolute Gasteiger partial charge is 0.479 e. The van der Waals surface area contributed by atoms with Gasteiger partial charge in [-0.2, -0.15) is 0 Å². The molecule has 0 aromatic heterocycles. The van der Waals surface area contributed by atoms with Crippen LogP contribution in [0, 0.1) is 6.92 Å². The van der Waals surface area contributed by atoms with Crippen molar-refractivity contribution in [3.05, 3.63) is 28.8 Å². The Morgan fingerprint density at radius 2 is 2.17 bits per heavy atom. The minimum absolute atomic E-state index is 0.320. The van der Waals surface area contributed by atoms with Gasteiger partial charge in [-0.15, -0.1) is 0 Å². The van der Waals surface area contributed by atoms with Crippen molar-refractivity contribution in [2.45, 2.75) is 20.0 Å². The van der Waals surface area contributed by atoms with Crippen LogP contribution in [0.15, 0.2) is 18.2 Å². The van der Waals surface area contributed by atoms with E-state index in [4.69, 9.17) is 21.4 Å². The predicted octanol–water partition coefficient (Wildman–Crippen LogP) is 2.08. The van der Waals surface area contributed by atoms with E-state index in [0.717, 1.165) is 5.56 Å². The first-order valence-corrected chi connectivity index (χ1v) is 5.69. The number of halogens is 1. The molecule has 0 radical (unpaired) electrons. The van der Waals surface area contributed by atoms with Gasteiger partial charge in [0.2, 0.25) is 5.91 Å². The highest BCUT2D eigenvalue weighted by Crippen LogP contribution is 2.22. The highest BCUT2D eigenvalue weighted by Gasteiger charge is 2.13. The fraction of sp³-hybridized carbons (Fsp3) is 0.333. The molecule has 0 fully saturated rings. The van der Waals surface area contributed by atoms with Crippen molar-refractivity contribution in [1.82, 2.24) is 0 Å². The normalized spacial score (nSPS) is 11.9. The summed E-state index contributed by atoms with van der Waals surface area (Å²) < 4.78 is 4.86. The standard InChI is InChI=1S/C12H14ClNO4/c1-7-9(13)4-3-5-10(7)14-11(15)6-18-8(2)12(16)17/h3-5,8H,6H2,1-2H3,(H,14,15)(H,16,17)/t8-/m1/s1. The third kappa shape index (κ3) is 4.01. The summed E-state index contributed by atoms with van der Waals surface area (Å²) in [6.07, 6.45) is -1.02. The number of amides is 1. The maximum Gasteiger partial charge on any atom is 0.332 e. The maximum atomic E-state index is 11.5. The Balaban J connectivity index is 2.55. The van der Waals surface area contributed by atoms with Crippen LogP contribution in [0.4, 0.5) is 5.69 Å². The maximum absolute atomic E-state index is 11.5. The molecule has 0 spiro atoms. The molecule has 0 aliphatic carbocycles. The number of ether oxygens (including phenoxy) is 1. The molecule has 0 aliphatic heterocycles. The summed E-state index contributed by atoms with van der Waals surface area (Å²) in [5.74, 6) is -1.53. The molecule has 2 N–H and O–H groups in total. The summed E-state index contributed by atoms with van der Waals surface area (Å²) in [5, 5.41) is 11.7. The van der Waals surface area contributed by atoms with Crippen molar-refractivity contribution in [2.24, 2.45) is 0 Å². The molecule has 5 nitrogen and oxygen atoms in total. The lowest BCUT2D eigenvalue weighted by Gasteiger charge is -2.11. The molecule has 98 valence electrons. The molecular weight excluding hydrogens is 258 g/mol. The molecule has 0 saturated carbocycles. The Hall–Kier alpha value is -1.59. The van der Waals surface area contributed by atoms with E-state index in [-0.39, 0.29) is 6.61 Å². The highest BCUT2D eigenvalue weighted by molar-refractivity contribution is 6.31. The quantitative estimate of drug-likeness (QED) is 0.860. The molecule has 0 bridgehead atoms. The van der Waals surface area contributed by atoms with Crippen molar-refractivity contribution >= 4 is 29.2 Å². The van der Waals surface area contributed by atoms with Crippen LogP contribution in [-0.2, 0) is 14.3 Å². The monoisotopic (exact) mass is 271 g/mol. The van der Waals surface area contributed by atoms with Crippen molar-refractivity contribution in [1.29, 1.82) is 0 Å². The Morgan fingerprint density at radius 1 is 1.50 bits per heavy atom. The van der Waals surface area contributed by atoms with Gasteiger partial charge in [0.15, 0.2) is 6.10 Å². The molecule has 0 aliphatic rings. The Bertz CT molecular complexity index is 461. The average Bonchev–Trinajstić information content (AvgIpc) is 2.32.